The quantitative estimate of drug-likeness (QED) is 0.0340. The second-order valence-electron chi connectivity index (χ2n) is 20.9. The van der Waals surface area contributed by atoms with Gasteiger partial charge in [0.1, 0.15) is 12.6 Å². The van der Waals surface area contributed by atoms with Gasteiger partial charge in [0.15, 0.2) is 0 Å². The minimum atomic E-state index is -0.644. The van der Waals surface area contributed by atoms with Crippen LogP contribution in [0.3, 0.4) is 0 Å². The molecule has 3 atom stereocenters. The Morgan fingerprint density at radius 1 is 0.493 bits per heavy atom. The molecule has 0 aliphatic rings. The largest absolute Gasteiger partial charge is 0.466 e. The highest BCUT2D eigenvalue weighted by molar-refractivity contribution is 8.00. The van der Waals surface area contributed by atoms with E-state index in [1.165, 1.54) is 83.5 Å². The standard InChI is InChI=1S/C57H109N3O8S3/c1-9-11-13-15-16-22-30-50(29-21-14-12-10-2)47-68-56(64)37-45-70-43-35-52(57(65)58-38-39-60(7)8)59-53(61)32-25-24-31-51(71-46-41-67-54(62)33-23-17-19-27-48(3)4)34-42-69-44-36-55(63)66-40-26-18-20-28-49(5)6/h48-52H,9-47H2,1-8H3,(H,58,65)(H,59,61). The molecule has 71 heavy (non-hydrogen) atoms. The van der Waals surface area contributed by atoms with Gasteiger partial charge in [-0.1, -0.05) is 151 Å². The van der Waals surface area contributed by atoms with Crippen molar-refractivity contribution in [2.24, 2.45) is 17.8 Å². The monoisotopic (exact) mass is 1060 g/mol. The van der Waals surface area contributed by atoms with E-state index in [0.29, 0.717) is 106 Å². The summed E-state index contributed by atoms with van der Waals surface area (Å²) in [4.78, 5) is 66.1. The molecule has 0 bridgehead atoms. The fourth-order valence-electron chi connectivity index (χ4n) is 8.16. The number of amides is 2. The number of unbranched alkanes of at least 4 members (excludes halogenated alkanes) is 13. The van der Waals surface area contributed by atoms with E-state index in [-0.39, 0.29) is 29.7 Å². The maximum atomic E-state index is 13.3. The molecule has 0 aliphatic carbocycles. The Morgan fingerprint density at radius 2 is 1.00 bits per heavy atom. The van der Waals surface area contributed by atoms with E-state index in [0.717, 1.165) is 81.5 Å². The molecule has 0 saturated heterocycles. The van der Waals surface area contributed by atoms with Crippen molar-refractivity contribution in [3.05, 3.63) is 0 Å². The average molecular weight is 1060 g/mol. The van der Waals surface area contributed by atoms with Gasteiger partial charge in [0.05, 0.1) is 26.1 Å². The number of ether oxygens (including phenoxy) is 3. The SMILES string of the molecule is CCCCCCCCC(CCCCCC)COC(=O)CCSCCC(NC(=O)CCCCC(CCSCCC(=O)OCCCCCC(C)C)SCCOC(=O)CCCCCC(C)C)C(=O)NCCN(C)C. The normalized spacial score (nSPS) is 12.8. The molecular weight excluding hydrogens is 951 g/mol. The van der Waals surface area contributed by atoms with Crippen LogP contribution in [0.15, 0.2) is 0 Å². The van der Waals surface area contributed by atoms with Crippen molar-refractivity contribution in [1.82, 2.24) is 15.5 Å². The summed E-state index contributed by atoms with van der Waals surface area (Å²) in [7, 11) is 3.92. The van der Waals surface area contributed by atoms with Crippen molar-refractivity contribution in [2.45, 2.75) is 239 Å². The first kappa shape index (κ1) is 69.4. The van der Waals surface area contributed by atoms with Gasteiger partial charge in [-0.25, -0.2) is 0 Å². The molecule has 418 valence electrons. The lowest BCUT2D eigenvalue weighted by atomic mass is 9.95. The van der Waals surface area contributed by atoms with Crippen LogP contribution in [0, 0.1) is 17.8 Å². The van der Waals surface area contributed by atoms with Gasteiger partial charge in [-0.2, -0.15) is 35.3 Å². The topological polar surface area (TPSA) is 140 Å². The minimum Gasteiger partial charge on any atom is -0.466 e. The molecule has 0 rings (SSSR count). The number of rotatable bonds is 52. The van der Waals surface area contributed by atoms with Gasteiger partial charge in [-0.3, -0.25) is 24.0 Å². The van der Waals surface area contributed by atoms with Crippen LogP contribution in [0.2, 0.25) is 0 Å². The molecule has 0 radical (unpaired) electrons. The van der Waals surface area contributed by atoms with Crippen LogP contribution >= 0.6 is 35.3 Å². The average Bonchev–Trinajstić information content (AvgIpc) is 3.32. The van der Waals surface area contributed by atoms with E-state index in [9.17, 15) is 24.0 Å². The lowest BCUT2D eigenvalue weighted by Gasteiger charge is -2.20. The zero-order valence-electron chi connectivity index (χ0n) is 46.9. The second kappa shape index (κ2) is 50.5. The predicted octanol–water partition coefficient (Wildman–Crippen LogP) is 13.6. The van der Waals surface area contributed by atoms with Crippen LogP contribution in [-0.2, 0) is 38.2 Å². The number of carbonyl (C=O) groups is 5. The maximum absolute atomic E-state index is 13.3. The smallest absolute Gasteiger partial charge is 0.306 e. The molecule has 2 N–H and O–H groups in total. The molecular formula is C57H109N3O8S3. The lowest BCUT2D eigenvalue weighted by Crippen LogP contribution is -2.48. The van der Waals surface area contributed by atoms with E-state index in [4.69, 9.17) is 14.2 Å². The maximum Gasteiger partial charge on any atom is 0.306 e. The fraction of sp³-hybridized carbons (Fsp3) is 0.912. The van der Waals surface area contributed by atoms with E-state index in [2.05, 4.69) is 52.2 Å². The van der Waals surface area contributed by atoms with Crippen LogP contribution in [0.4, 0.5) is 0 Å². The molecule has 3 unspecified atom stereocenters. The highest BCUT2D eigenvalue weighted by Crippen LogP contribution is 2.24. The Bertz CT molecular complexity index is 1290. The van der Waals surface area contributed by atoms with Crippen LogP contribution in [-0.4, -0.2) is 122 Å². The van der Waals surface area contributed by atoms with Crippen LogP contribution in [0.5, 0.6) is 0 Å². The molecule has 0 aliphatic heterocycles. The number of likely N-dealkylation sites (N-methyl/N-ethyl adjacent to an activating group) is 1. The fourth-order valence-corrected chi connectivity index (χ4v) is 11.3. The van der Waals surface area contributed by atoms with Crippen LogP contribution < -0.4 is 10.6 Å². The first-order valence-corrected chi connectivity index (χ1v) is 32.1. The van der Waals surface area contributed by atoms with Crippen LogP contribution in [0.25, 0.3) is 0 Å². The summed E-state index contributed by atoms with van der Waals surface area (Å²) in [6.07, 6.45) is 28.9. The Morgan fingerprint density at radius 3 is 1.63 bits per heavy atom. The molecule has 14 heteroatoms. The van der Waals surface area contributed by atoms with Crippen molar-refractivity contribution in [3.8, 4) is 0 Å². The lowest BCUT2D eigenvalue weighted by molar-refractivity contribution is -0.145. The highest BCUT2D eigenvalue weighted by atomic mass is 32.2. The summed E-state index contributed by atoms with van der Waals surface area (Å²) < 4.78 is 16.9. The molecule has 0 aromatic carbocycles. The van der Waals surface area contributed by atoms with E-state index < -0.39 is 6.04 Å². The summed E-state index contributed by atoms with van der Waals surface area (Å²) in [6, 6.07) is -0.644. The Hall–Kier alpha value is -1.64. The summed E-state index contributed by atoms with van der Waals surface area (Å²) in [6.45, 7) is 16.0. The van der Waals surface area contributed by atoms with Gasteiger partial charge in [0.2, 0.25) is 11.8 Å². The van der Waals surface area contributed by atoms with Gasteiger partial charge in [-0.15, -0.1) is 0 Å². The molecule has 2 amide bonds. The first-order valence-electron chi connectivity index (χ1n) is 28.7. The summed E-state index contributed by atoms with van der Waals surface area (Å²) in [5.74, 6) is 4.75. The van der Waals surface area contributed by atoms with E-state index in [1.54, 1.807) is 23.5 Å². The molecule has 11 nitrogen and oxygen atoms in total. The van der Waals surface area contributed by atoms with Crippen molar-refractivity contribution in [2.75, 3.05) is 75.8 Å². The third kappa shape index (κ3) is 49.0. The van der Waals surface area contributed by atoms with Crippen molar-refractivity contribution in [1.29, 1.82) is 0 Å². The number of nitrogens with zero attached hydrogens (tertiary/aromatic N) is 1. The van der Waals surface area contributed by atoms with Gasteiger partial charge >= 0.3 is 17.9 Å². The molecule has 0 aromatic rings. The van der Waals surface area contributed by atoms with Crippen molar-refractivity contribution in [3.63, 3.8) is 0 Å². The number of thioether (sulfide) groups is 3. The summed E-state index contributed by atoms with van der Waals surface area (Å²) in [5, 5.41) is 6.36. The van der Waals surface area contributed by atoms with E-state index in [1.807, 2.05) is 30.8 Å². The Kier molecular flexibility index (Phi) is 49.3. The number of carbonyl (C=O) groups excluding carboxylic acids is 5. The zero-order chi connectivity index (χ0) is 52.6. The third-order valence-corrected chi connectivity index (χ3v) is 16.1. The predicted molar refractivity (Wildman–Crippen MR) is 306 cm³/mol. The Labute approximate surface area is 449 Å². The third-order valence-electron chi connectivity index (χ3n) is 12.7. The van der Waals surface area contributed by atoms with Crippen molar-refractivity contribution < 1.29 is 38.2 Å². The second-order valence-corrected chi connectivity index (χ2v) is 24.7. The number of hydrogen-bond donors (Lipinski definition) is 2. The van der Waals surface area contributed by atoms with Gasteiger partial charge in [-0.05, 0) is 94.7 Å². The molecule has 0 heterocycles. The Balaban J connectivity index is 5.05. The van der Waals surface area contributed by atoms with Crippen molar-refractivity contribution >= 4 is 65.0 Å². The molecule has 0 spiro atoms. The molecule has 0 aromatic heterocycles. The van der Waals surface area contributed by atoms with Gasteiger partial charge in [0.25, 0.3) is 0 Å². The number of nitrogens with one attached hydrogen (secondary N) is 2. The van der Waals surface area contributed by atoms with Crippen LogP contribution in [0.1, 0.15) is 228 Å². The number of hydrogen-bond acceptors (Lipinski definition) is 12. The summed E-state index contributed by atoms with van der Waals surface area (Å²) in [5.41, 5.74) is 0. The van der Waals surface area contributed by atoms with E-state index >= 15 is 0 Å². The molecule has 0 fully saturated rings. The van der Waals surface area contributed by atoms with Gasteiger partial charge < -0.3 is 29.7 Å². The molecule has 0 saturated carbocycles. The zero-order valence-corrected chi connectivity index (χ0v) is 49.4. The number of esters is 3. The first-order chi connectivity index (χ1) is 34.3. The highest BCUT2D eigenvalue weighted by Gasteiger charge is 2.21. The summed E-state index contributed by atoms with van der Waals surface area (Å²) >= 11 is 5.22. The minimum absolute atomic E-state index is 0.121. The van der Waals surface area contributed by atoms with Gasteiger partial charge in [0, 0.05) is 48.4 Å².